The first-order valence-corrected chi connectivity index (χ1v) is 10.6. The van der Waals surface area contributed by atoms with Crippen molar-refractivity contribution >= 4 is 17.0 Å². The van der Waals surface area contributed by atoms with E-state index in [2.05, 4.69) is 34.3 Å². The molecule has 0 radical (unpaired) electrons. The summed E-state index contributed by atoms with van der Waals surface area (Å²) in [6.45, 7) is 4.97. The van der Waals surface area contributed by atoms with Crippen molar-refractivity contribution in [2.75, 3.05) is 19.6 Å². The molecule has 0 bridgehead atoms. The van der Waals surface area contributed by atoms with Gasteiger partial charge in [-0.05, 0) is 56.5 Å². The molecule has 0 saturated carbocycles. The number of amides is 1. The van der Waals surface area contributed by atoms with Crippen molar-refractivity contribution in [1.29, 1.82) is 0 Å². The van der Waals surface area contributed by atoms with E-state index in [1.54, 1.807) is 6.07 Å². The number of carbonyl (C=O) groups is 1. The van der Waals surface area contributed by atoms with Crippen LogP contribution in [0.4, 0.5) is 0 Å². The summed E-state index contributed by atoms with van der Waals surface area (Å²) < 4.78 is 5.89. The number of hydrogen-bond donors (Lipinski definition) is 1. The summed E-state index contributed by atoms with van der Waals surface area (Å²) in [5, 5.41) is 3.04. The van der Waals surface area contributed by atoms with Gasteiger partial charge in [0, 0.05) is 31.1 Å². The second kappa shape index (κ2) is 9.23. The van der Waals surface area contributed by atoms with Crippen molar-refractivity contribution in [3.63, 3.8) is 0 Å². The van der Waals surface area contributed by atoms with E-state index in [0.717, 1.165) is 31.4 Å². The van der Waals surface area contributed by atoms with Crippen LogP contribution in [0.15, 0.2) is 52.9 Å². The molecule has 29 heavy (non-hydrogen) atoms. The third-order valence-electron chi connectivity index (χ3n) is 5.79. The normalized spacial score (nSPS) is 17.5. The van der Waals surface area contributed by atoms with Crippen LogP contribution in [0, 0.1) is 0 Å². The van der Waals surface area contributed by atoms with Gasteiger partial charge in [0.1, 0.15) is 5.52 Å². The minimum absolute atomic E-state index is 0.0567. The number of nitrogens with one attached hydrogen (secondary N) is 1. The lowest BCUT2D eigenvalue weighted by atomic mass is 10.0. The molecular weight excluding hydrogens is 362 g/mol. The molecule has 1 aromatic heterocycles. The van der Waals surface area contributed by atoms with Gasteiger partial charge >= 0.3 is 0 Å². The molecule has 1 saturated heterocycles. The van der Waals surface area contributed by atoms with Gasteiger partial charge in [0.05, 0.1) is 0 Å². The quantitative estimate of drug-likeness (QED) is 0.655. The Bertz CT molecular complexity index is 951. The Morgan fingerprint density at radius 2 is 2.03 bits per heavy atom. The first-order chi connectivity index (χ1) is 14.2. The van der Waals surface area contributed by atoms with E-state index in [1.807, 2.05) is 30.3 Å². The molecule has 3 aromatic rings. The summed E-state index contributed by atoms with van der Waals surface area (Å²) in [6, 6.07) is 16.4. The SMILES string of the molecule is CC1CCCCN1CCNC(=O)c1ccc2nc(CCc3ccccc3)oc2c1. The van der Waals surface area contributed by atoms with Gasteiger partial charge in [-0.25, -0.2) is 4.98 Å². The fourth-order valence-electron chi connectivity index (χ4n) is 4.02. The molecule has 2 aromatic carbocycles. The van der Waals surface area contributed by atoms with Crippen LogP contribution in [0.5, 0.6) is 0 Å². The zero-order valence-electron chi connectivity index (χ0n) is 17.1. The zero-order chi connectivity index (χ0) is 20.1. The molecule has 1 atom stereocenters. The third kappa shape index (κ3) is 5.04. The molecular formula is C24H29N3O2. The molecule has 1 fully saturated rings. The van der Waals surface area contributed by atoms with Gasteiger partial charge in [0.2, 0.25) is 0 Å². The Hall–Kier alpha value is -2.66. The number of benzene rings is 2. The van der Waals surface area contributed by atoms with Gasteiger partial charge in [-0.15, -0.1) is 0 Å². The summed E-state index contributed by atoms with van der Waals surface area (Å²) >= 11 is 0. The molecule has 0 spiro atoms. The molecule has 5 heteroatoms. The number of aromatic nitrogens is 1. The van der Waals surface area contributed by atoms with Crippen LogP contribution in [-0.2, 0) is 12.8 Å². The summed E-state index contributed by atoms with van der Waals surface area (Å²) in [5.41, 5.74) is 3.35. The molecule has 0 aliphatic carbocycles. The average molecular weight is 392 g/mol. The third-order valence-corrected chi connectivity index (χ3v) is 5.79. The fourth-order valence-corrected chi connectivity index (χ4v) is 4.02. The minimum atomic E-state index is -0.0567. The highest BCUT2D eigenvalue weighted by molar-refractivity contribution is 5.97. The van der Waals surface area contributed by atoms with E-state index in [0.29, 0.717) is 29.6 Å². The van der Waals surface area contributed by atoms with E-state index >= 15 is 0 Å². The summed E-state index contributed by atoms with van der Waals surface area (Å²) in [7, 11) is 0. The summed E-state index contributed by atoms with van der Waals surface area (Å²) in [6.07, 6.45) is 5.45. The van der Waals surface area contributed by atoms with Crippen LogP contribution >= 0.6 is 0 Å². The van der Waals surface area contributed by atoms with Crippen molar-refractivity contribution in [2.24, 2.45) is 0 Å². The van der Waals surface area contributed by atoms with Crippen LogP contribution in [0.3, 0.4) is 0 Å². The standard InChI is InChI=1S/C24H29N3O2/c1-18-7-5-6-15-27(18)16-14-25-24(28)20-11-12-21-22(17-20)29-23(26-21)13-10-19-8-3-2-4-9-19/h2-4,8-9,11-12,17-18H,5-7,10,13-16H2,1H3,(H,25,28). The van der Waals surface area contributed by atoms with Gasteiger partial charge in [-0.1, -0.05) is 36.8 Å². The topological polar surface area (TPSA) is 58.4 Å². The van der Waals surface area contributed by atoms with Gasteiger partial charge in [0.15, 0.2) is 11.5 Å². The molecule has 5 nitrogen and oxygen atoms in total. The van der Waals surface area contributed by atoms with Crippen molar-refractivity contribution in [3.8, 4) is 0 Å². The van der Waals surface area contributed by atoms with Crippen LogP contribution in [0.1, 0.15) is 48.0 Å². The van der Waals surface area contributed by atoms with E-state index < -0.39 is 0 Å². The number of aryl methyl sites for hydroxylation is 2. The molecule has 1 N–H and O–H groups in total. The Balaban J connectivity index is 1.33. The highest BCUT2D eigenvalue weighted by Crippen LogP contribution is 2.19. The lowest BCUT2D eigenvalue weighted by Crippen LogP contribution is -2.42. The van der Waals surface area contributed by atoms with Gasteiger partial charge in [-0.3, -0.25) is 9.69 Å². The minimum Gasteiger partial charge on any atom is -0.441 e. The number of rotatable bonds is 7. The Morgan fingerprint density at radius 1 is 1.17 bits per heavy atom. The average Bonchev–Trinajstić information content (AvgIpc) is 3.16. The number of oxazole rings is 1. The maximum Gasteiger partial charge on any atom is 0.251 e. The number of hydrogen-bond acceptors (Lipinski definition) is 4. The highest BCUT2D eigenvalue weighted by atomic mass is 16.3. The maximum atomic E-state index is 12.5. The Labute approximate surface area is 172 Å². The maximum absolute atomic E-state index is 12.5. The van der Waals surface area contributed by atoms with Gasteiger partial charge in [-0.2, -0.15) is 0 Å². The van der Waals surface area contributed by atoms with Crippen LogP contribution in [0.25, 0.3) is 11.1 Å². The van der Waals surface area contributed by atoms with E-state index in [1.165, 1.54) is 24.8 Å². The van der Waals surface area contributed by atoms with E-state index in [4.69, 9.17) is 4.42 Å². The Morgan fingerprint density at radius 3 is 2.86 bits per heavy atom. The van der Waals surface area contributed by atoms with Crippen molar-refractivity contribution in [1.82, 2.24) is 15.2 Å². The van der Waals surface area contributed by atoms with Gasteiger partial charge < -0.3 is 9.73 Å². The smallest absolute Gasteiger partial charge is 0.251 e. The van der Waals surface area contributed by atoms with Crippen LogP contribution in [-0.4, -0.2) is 41.5 Å². The Kier molecular flexibility index (Phi) is 6.25. The van der Waals surface area contributed by atoms with E-state index in [9.17, 15) is 4.79 Å². The molecule has 1 amide bonds. The van der Waals surface area contributed by atoms with Gasteiger partial charge in [0.25, 0.3) is 5.91 Å². The fraction of sp³-hybridized carbons (Fsp3) is 0.417. The van der Waals surface area contributed by atoms with Crippen LogP contribution < -0.4 is 5.32 Å². The predicted octanol–water partition coefficient (Wildman–Crippen LogP) is 4.22. The summed E-state index contributed by atoms with van der Waals surface area (Å²) in [5.74, 6) is 0.652. The molecule has 1 aliphatic heterocycles. The molecule has 1 aliphatic rings. The van der Waals surface area contributed by atoms with Crippen molar-refractivity contribution < 1.29 is 9.21 Å². The first-order valence-electron chi connectivity index (χ1n) is 10.6. The first kappa shape index (κ1) is 19.6. The number of fused-ring (bicyclic) bond motifs is 1. The van der Waals surface area contributed by atoms with Crippen molar-refractivity contribution in [3.05, 3.63) is 65.5 Å². The molecule has 152 valence electrons. The lowest BCUT2D eigenvalue weighted by Gasteiger charge is -2.33. The summed E-state index contributed by atoms with van der Waals surface area (Å²) in [4.78, 5) is 19.6. The number of nitrogens with zero attached hydrogens (tertiary/aromatic N) is 2. The number of piperidine rings is 1. The molecule has 4 rings (SSSR count). The second-order valence-corrected chi connectivity index (χ2v) is 7.91. The number of likely N-dealkylation sites (tertiary alicyclic amines) is 1. The van der Waals surface area contributed by atoms with Crippen molar-refractivity contribution in [2.45, 2.75) is 45.1 Å². The molecule has 1 unspecified atom stereocenters. The zero-order valence-corrected chi connectivity index (χ0v) is 17.1. The predicted molar refractivity (Wildman–Crippen MR) is 115 cm³/mol. The largest absolute Gasteiger partial charge is 0.441 e. The molecule has 2 heterocycles. The highest BCUT2D eigenvalue weighted by Gasteiger charge is 2.18. The van der Waals surface area contributed by atoms with E-state index in [-0.39, 0.29) is 5.91 Å². The monoisotopic (exact) mass is 391 g/mol. The van der Waals surface area contributed by atoms with Crippen LogP contribution in [0.2, 0.25) is 0 Å². The number of carbonyl (C=O) groups excluding carboxylic acids is 1. The lowest BCUT2D eigenvalue weighted by molar-refractivity contribution is 0.0938. The second-order valence-electron chi connectivity index (χ2n) is 7.91.